The number of nitrogens with zero attached hydrogens (tertiary/aromatic N) is 1. The molecule has 0 aromatic carbocycles. The second-order valence-electron chi connectivity index (χ2n) is 6.13. The van der Waals surface area contributed by atoms with Crippen LogP contribution in [0, 0.1) is 11.8 Å². The molecule has 0 aromatic heterocycles. The van der Waals surface area contributed by atoms with Crippen LogP contribution >= 0.6 is 0 Å². The SMILES string of the molecule is CC(C)C(O)C[Se]C1C=CC=C1C1=N[C@@H](C(C)C)CO1. The molecule has 1 aliphatic carbocycles. The fourth-order valence-corrected chi connectivity index (χ4v) is 4.91. The monoisotopic (exact) mass is 343 g/mol. The molecular weight excluding hydrogens is 317 g/mol. The van der Waals surface area contributed by atoms with Gasteiger partial charge in [-0.2, -0.15) is 0 Å². The molecule has 0 saturated heterocycles. The van der Waals surface area contributed by atoms with E-state index >= 15 is 0 Å². The van der Waals surface area contributed by atoms with Gasteiger partial charge >= 0.3 is 128 Å². The minimum absolute atomic E-state index is 0.194. The van der Waals surface area contributed by atoms with Gasteiger partial charge in [0.05, 0.1) is 0 Å². The number of aliphatic hydroxyl groups is 1. The second kappa shape index (κ2) is 6.93. The Bertz CT molecular complexity index is 426. The van der Waals surface area contributed by atoms with Gasteiger partial charge in [0.15, 0.2) is 0 Å². The van der Waals surface area contributed by atoms with Crippen molar-refractivity contribution in [2.24, 2.45) is 16.8 Å². The number of rotatable bonds is 6. The van der Waals surface area contributed by atoms with E-state index in [4.69, 9.17) is 9.73 Å². The van der Waals surface area contributed by atoms with Crippen molar-refractivity contribution in [3.8, 4) is 0 Å². The number of hydrogen-bond donors (Lipinski definition) is 1. The molecule has 2 unspecified atom stereocenters. The van der Waals surface area contributed by atoms with Crippen molar-refractivity contribution in [3.63, 3.8) is 0 Å². The summed E-state index contributed by atoms with van der Waals surface area (Å²) in [6.45, 7) is 9.21. The van der Waals surface area contributed by atoms with E-state index in [0.717, 1.165) is 11.2 Å². The molecular formula is C16H25NO2Se. The summed E-state index contributed by atoms with van der Waals surface area (Å²) in [5.41, 5.74) is 1.21. The van der Waals surface area contributed by atoms with E-state index in [2.05, 4.69) is 45.9 Å². The van der Waals surface area contributed by atoms with Crippen LogP contribution in [0.2, 0.25) is 10.1 Å². The van der Waals surface area contributed by atoms with Crippen LogP contribution in [0.3, 0.4) is 0 Å². The number of ether oxygens (including phenoxy) is 1. The Balaban J connectivity index is 1.94. The van der Waals surface area contributed by atoms with Crippen LogP contribution in [-0.2, 0) is 4.74 Å². The van der Waals surface area contributed by atoms with Crippen LogP contribution in [0.15, 0.2) is 28.8 Å². The molecule has 1 N–H and O–H groups in total. The van der Waals surface area contributed by atoms with Crippen LogP contribution in [0.1, 0.15) is 27.7 Å². The van der Waals surface area contributed by atoms with Crippen molar-refractivity contribution in [1.82, 2.24) is 0 Å². The van der Waals surface area contributed by atoms with Crippen molar-refractivity contribution in [1.29, 1.82) is 0 Å². The number of aliphatic hydroxyl groups excluding tert-OH is 1. The standard InChI is InChI=1S/C16H25NO2Se/c1-10(2)13-8-19-16(17-13)12-6-5-7-15(12)20-9-14(18)11(3)4/h5-7,10-11,13-15,18H,8-9H2,1-4H3/t13-,14?,15?/m1/s1. The van der Waals surface area contributed by atoms with Crippen LogP contribution in [0.25, 0.3) is 0 Å². The molecule has 20 heavy (non-hydrogen) atoms. The molecule has 0 fully saturated rings. The summed E-state index contributed by atoms with van der Waals surface area (Å²) in [6, 6.07) is 0.293. The van der Waals surface area contributed by atoms with Crippen LogP contribution in [0.4, 0.5) is 0 Å². The molecule has 2 aliphatic rings. The Morgan fingerprint density at radius 1 is 1.40 bits per heavy atom. The normalized spacial score (nSPS) is 26.9. The van der Waals surface area contributed by atoms with Gasteiger partial charge in [0, 0.05) is 0 Å². The fourth-order valence-electron chi connectivity index (χ4n) is 2.08. The summed E-state index contributed by atoms with van der Waals surface area (Å²) in [6.07, 6.45) is 6.24. The summed E-state index contributed by atoms with van der Waals surface area (Å²) >= 11 is 0.352. The molecule has 0 bridgehead atoms. The summed E-state index contributed by atoms with van der Waals surface area (Å²) in [4.78, 5) is 5.12. The molecule has 0 saturated carbocycles. The maximum atomic E-state index is 9.96. The van der Waals surface area contributed by atoms with E-state index < -0.39 is 0 Å². The average molecular weight is 342 g/mol. The zero-order valence-corrected chi connectivity index (χ0v) is 14.5. The molecule has 0 radical (unpaired) electrons. The number of allylic oxidation sites excluding steroid dienone is 3. The molecule has 2 rings (SSSR count). The van der Waals surface area contributed by atoms with E-state index in [1.165, 1.54) is 5.57 Å². The first-order valence-corrected chi connectivity index (χ1v) is 9.58. The van der Waals surface area contributed by atoms with Crippen molar-refractivity contribution in [2.75, 3.05) is 6.61 Å². The van der Waals surface area contributed by atoms with Crippen LogP contribution < -0.4 is 0 Å². The van der Waals surface area contributed by atoms with Gasteiger partial charge in [-0.3, -0.25) is 0 Å². The first-order chi connectivity index (χ1) is 9.49. The molecule has 0 spiro atoms. The average Bonchev–Trinajstić information content (AvgIpc) is 3.03. The molecule has 3 nitrogen and oxygen atoms in total. The molecule has 4 heteroatoms. The predicted octanol–water partition coefficient (Wildman–Crippen LogP) is 2.86. The number of hydrogen-bond acceptors (Lipinski definition) is 3. The van der Waals surface area contributed by atoms with Gasteiger partial charge in [0.1, 0.15) is 0 Å². The van der Waals surface area contributed by atoms with Crippen molar-refractivity contribution in [3.05, 3.63) is 23.8 Å². The summed E-state index contributed by atoms with van der Waals surface area (Å²) in [5.74, 6) is 1.69. The third kappa shape index (κ3) is 3.75. The Kier molecular flexibility index (Phi) is 5.48. The van der Waals surface area contributed by atoms with E-state index in [-0.39, 0.29) is 6.10 Å². The quantitative estimate of drug-likeness (QED) is 0.754. The number of aliphatic imine (C=N–C) groups is 1. The van der Waals surface area contributed by atoms with E-state index in [1.807, 2.05) is 0 Å². The van der Waals surface area contributed by atoms with Gasteiger partial charge in [-0.1, -0.05) is 0 Å². The Hall–Kier alpha value is -0.571. The van der Waals surface area contributed by atoms with Gasteiger partial charge in [0.25, 0.3) is 0 Å². The van der Waals surface area contributed by atoms with Gasteiger partial charge in [-0.25, -0.2) is 0 Å². The van der Waals surface area contributed by atoms with E-state index in [9.17, 15) is 5.11 Å². The molecule has 1 heterocycles. The van der Waals surface area contributed by atoms with Crippen molar-refractivity contribution in [2.45, 2.75) is 50.0 Å². The Morgan fingerprint density at radius 3 is 2.75 bits per heavy atom. The van der Waals surface area contributed by atoms with Gasteiger partial charge in [-0.15, -0.1) is 0 Å². The first kappa shape index (κ1) is 15.8. The third-order valence-corrected chi connectivity index (χ3v) is 6.51. The Labute approximate surface area is 128 Å². The van der Waals surface area contributed by atoms with Gasteiger partial charge < -0.3 is 0 Å². The molecule has 1 aliphatic heterocycles. The van der Waals surface area contributed by atoms with Crippen molar-refractivity contribution >= 4 is 20.9 Å². The van der Waals surface area contributed by atoms with Gasteiger partial charge in [0.2, 0.25) is 0 Å². The fraction of sp³-hybridized carbons (Fsp3) is 0.688. The van der Waals surface area contributed by atoms with Crippen LogP contribution in [-0.4, -0.2) is 44.7 Å². The summed E-state index contributed by atoms with van der Waals surface area (Å²) < 4.78 is 5.78. The molecule has 112 valence electrons. The zero-order chi connectivity index (χ0) is 14.7. The zero-order valence-electron chi connectivity index (χ0n) is 12.7. The maximum absolute atomic E-state index is 9.96. The van der Waals surface area contributed by atoms with Crippen molar-refractivity contribution < 1.29 is 9.84 Å². The molecule has 0 aromatic rings. The topological polar surface area (TPSA) is 41.8 Å². The molecule has 0 amide bonds. The first-order valence-electron chi connectivity index (χ1n) is 7.38. The third-order valence-electron chi connectivity index (χ3n) is 3.77. The minimum atomic E-state index is -0.194. The second-order valence-corrected chi connectivity index (χ2v) is 8.59. The van der Waals surface area contributed by atoms with Crippen LogP contribution in [0.5, 0.6) is 0 Å². The van der Waals surface area contributed by atoms with E-state index in [1.54, 1.807) is 0 Å². The van der Waals surface area contributed by atoms with E-state index in [0.29, 0.717) is 44.3 Å². The summed E-state index contributed by atoms with van der Waals surface area (Å²) in [5, 5.41) is 10.9. The molecule has 3 atom stereocenters. The Morgan fingerprint density at radius 2 is 2.15 bits per heavy atom. The van der Waals surface area contributed by atoms with Gasteiger partial charge in [-0.05, 0) is 0 Å². The summed E-state index contributed by atoms with van der Waals surface area (Å²) in [7, 11) is 0. The predicted molar refractivity (Wildman–Crippen MR) is 84.4 cm³/mol.